The van der Waals surface area contributed by atoms with Crippen LogP contribution in [-0.4, -0.2) is 59.5 Å². The molecule has 1 heterocycles. The molecule has 1 aromatic rings. The largest absolute Gasteiger partial charge is 0.444 e. The third kappa shape index (κ3) is 7.00. The average molecular weight is 422 g/mol. The van der Waals surface area contributed by atoms with Gasteiger partial charge >= 0.3 is 6.09 Å². The van der Waals surface area contributed by atoms with Gasteiger partial charge in [0.25, 0.3) is 0 Å². The fourth-order valence-electron chi connectivity index (χ4n) is 3.29. The van der Waals surface area contributed by atoms with Crippen LogP contribution in [0, 0.1) is 5.82 Å². The van der Waals surface area contributed by atoms with E-state index in [1.54, 1.807) is 42.7 Å². The van der Waals surface area contributed by atoms with E-state index in [-0.39, 0.29) is 37.7 Å². The lowest BCUT2D eigenvalue weighted by molar-refractivity contribution is -0.138. The summed E-state index contributed by atoms with van der Waals surface area (Å²) in [6, 6.07) is 5.52. The van der Waals surface area contributed by atoms with Crippen LogP contribution in [0.3, 0.4) is 0 Å². The zero-order valence-corrected chi connectivity index (χ0v) is 18.2. The molecule has 30 heavy (non-hydrogen) atoms. The van der Waals surface area contributed by atoms with Crippen molar-refractivity contribution in [2.24, 2.45) is 0 Å². The molecule has 1 aliphatic heterocycles. The van der Waals surface area contributed by atoms with Crippen LogP contribution in [-0.2, 0) is 14.3 Å². The fourth-order valence-corrected chi connectivity index (χ4v) is 3.29. The van der Waals surface area contributed by atoms with Crippen LogP contribution in [0.1, 0.15) is 58.6 Å². The predicted molar refractivity (Wildman–Crippen MR) is 111 cm³/mol. The molecule has 0 unspecified atom stereocenters. The highest BCUT2D eigenvalue weighted by molar-refractivity contribution is 5.84. The molecule has 0 radical (unpaired) electrons. The van der Waals surface area contributed by atoms with Gasteiger partial charge in [0.1, 0.15) is 11.4 Å². The second-order valence-corrected chi connectivity index (χ2v) is 8.43. The number of hydrogen-bond donors (Lipinski definition) is 1. The molecule has 2 rings (SSSR count). The highest BCUT2D eigenvalue weighted by Gasteiger charge is 2.35. The Bertz CT molecular complexity index is 763. The van der Waals surface area contributed by atoms with Gasteiger partial charge in [-0.3, -0.25) is 9.59 Å². The smallest absolute Gasteiger partial charge is 0.410 e. The highest BCUT2D eigenvalue weighted by atomic mass is 19.1. The first-order chi connectivity index (χ1) is 14.1. The summed E-state index contributed by atoms with van der Waals surface area (Å²) in [6.07, 6.45) is 0.526. The first kappa shape index (κ1) is 23.6. The highest BCUT2D eigenvalue weighted by Crippen LogP contribution is 2.28. The monoisotopic (exact) mass is 421 g/mol. The van der Waals surface area contributed by atoms with Crippen molar-refractivity contribution >= 4 is 17.9 Å². The fraction of sp³-hybridized carbons (Fsp3) is 0.591. The molecule has 0 bridgehead atoms. The van der Waals surface area contributed by atoms with Gasteiger partial charge in [-0.25, -0.2) is 9.18 Å². The lowest BCUT2D eigenvalue weighted by Gasteiger charge is -2.42. The van der Waals surface area contributed by atoms with Crippen molar-refractivity contribution in [3.05, 3.63) is 35.6 Å². The maximum absolute atomic E-state index is 13.8. The molecule has 0 saturated carbocycles. The number of amides is 3. The number of hydrogen-bond acceptors (Lipinski definition) is 4. The van der Waals surface area contributed by atoms with Crippen molar-refractivity contribution in [2.75, 3.05) is 26.2 Å². The summed E-state index contributed by atoms with van der Waals surface area (Å²) < 4.78 is 19.3. The van der Waals surface area contributed by atoms with Crippen LogP contribution in [0.4, 0.5) is 9.18 Å². The van der Waals surface area contributed by atoms with Gasteiger partial charge in [-0.1, -0.05) is 19.1 Å². The summed E-state index contributed by atoms with van der Waals surface area (Å²) in [7, 11) is 0. The molecule has 0 aliphatic carbocycles. The van der Waals surface area contributed by atoms with Crippen LogP contribution in [0.25, 0.3) is 0 Å². The summed E-state index contributed by atoms with van der Waals surface area (Å²) in [4.78, 5) is 40.4. The zero-order valence-electron chi connectivity index (χ0n) is 18.2. The van der Waals surface area contributed by atoms with Gasteiger partial charge in [-0.2, -0.15) is 0 Å². The molecule has 0 aromatic heterocycles. The normalized spacial score (nSPS) is 16.9. The lowest BCUT2D eigenvalue weighted by atomic mass is 10.0. The number of halogens is 1. The van der Waals surface area contributed by atoms with Gasteiger partial charge in [-0.15, -0.1) is 0 Å². The standard InChI is InChI=1S/C22H32FN3O4/c1-5-11-24-19(27)9-10-20(28)26-13-12-25(21(29)30-22(2,3)4)15-18(26)16-7-6-8-17(23)14-16/h6-8,14,18H,5,9-13,15H2,1-4H3,(H,24,27)/t18-/m0/s1. The molecule has 166 valence electrons. The van der Waals surface area contributed by atoms with E-state index < -0.39 is 23.6 Å². The van der Waals surface area contributed by atoms with Gasteiger partial charge in [-0.05, 0) is 44.9 Å². The van der Waals surface area contributed by atoms with Crippen LogP contribution >= 0.6 is 0 Å². The molecule has 1 N–H and O–H groups in total. The van der Waals surface area contributed by atoms with E-state index in [4.69, 9.17) is 4.74 Å². The number of nitrogens with zero attached hydrogens (tertiary/aromatic N) is 2. The van der Waals surface area contributed by atoms with Crippen LogP contribution in [0.15, 0.2) is 24.3 Å². The molecule has 1 saturated heterocycles. The zero-order chi connectivity index (χ0) is 22.3. The minimum Gasteiger partial charge on any atom is -0.444 e. The lowest BCUT2D eigenvalue weighted by Crippen LogP contribution is -2.53. The summed E-state index contributed by atoms with van der Waals surface area (Å²) in [5.41, 5.74) is -0.0309. The summed E-state index contributed by atoms with van der Waals surface area (Å²) in [6.45, 7) is 8.71. The Morgan fingerprint density at radius 2 is 1.93 bits per heavy atom. The Balaban J connectivity index is 2.13. The average Bonchev–Trinajstić information content (AvgIpc) is 2.68. The maximum atomic E-state index is 13.8. The van der Waals surface area contributed by atoms with Crippen molar-refractivity contribution in [2.45, 2.75) is 58.6 Å². The molecule has 1 atom stereocenters. The second-order valence-electron chi connectivity index (χ2n) is 8.43. The van der Waals surface area contributed by atoms with Gasteiger partial charge in [0.15, 0.2) is 0 Å². The number of benzene rings is 1. The molecule has 0 spiro atoms. The number of ether oxygens (including phenoxy) is 1. The quantitative estimate of drug-likeness (QED) is 0.765. The molecule has 1 aliphatic rings. The SMILES string of the molecule is CCCNC(=O)CCC(=O)N1CCN(C(=O)OC(C)(C)C)C[C@H]1c1cccc(F)c1. The Morgan fingerprint density at radius 3 is 2.57 bits per heavy atom. The molecule has 1 aromatic carbocycles. The van der Waals surface area contributed by atoms with E-state index >= 15 is 0 Å². The van der Waals surface area contributed by atoms with Crippen LogP contribution in [0.2, 0.25) is 0 Å². The molecule has 7 nitrogen and oxygen atoms in total. The molecule has 1 fully saturated rings. The number of carbonyl (C=O) groups excluding carboxylic acids is 3. The van der Waals surface area contributed by atoms with Gasteiger partial charge in [0, 0.05) is 39.0 Å². The van der Waals surface area contributed by atoms with Crippen molar-refractivity contribution < 1.29 is 23.5 Å². The van der Waals surface area contributed by atoms with Crippen molar-refractivity contribution in [1.29, 1.82) is 0 Å². The minimum absolute atomic E-state index is 0.0633. The van der Waals surface area contributed by atoms with Crippen LogP contribution in [0.5, 0.6) is 0 Å². The number of nitrogens with one attached hydrogen (secondary N) is 1. The number of piperazine rings is 1. The van der Waals surface area contributed by atoms with Crippen molar-refractivity contribution in [3.63, 3.8) is 0 Å². The van der Waals surface area contributed by atoms with Gasteiger partial charge < -0.3 is 19.9 Å². The van der Waals surface area contributed by atoms with Crippen LogP contribution < -0.4 is 5.32 Å². The summed E-state index contributed by atoms with van der Waals surface area (Å²) in [5, 5.41) is 2.76. The van der Waals surface area contributed by atoms with E-state index in [0.29, 0.717) is 18.7 Å². The second kappa shape index (κ2) is 10.4. The number of rotatable bonds is 6. The molecule has 8 heteroatoms. The third-order valence-electron chi connectivity index (χ3n) is 4.72. The Labute approximate surface area is 177 Å². The topological polar surface area (TPSA) is 79.0 Å². The van der Waals surface area contributed by atoms with E-state index in [2.05, 4.69) is 5.32 Å². The molecular formula is C22H32FN3O4. The van der Waals surface area contributed by atoms with Crippen molar-refractivity contribution in [3.8, 4) is 0 Å². The summed E-state index contributed by atoms with van der Waals surface area (Å²) in [5.74, 6) is -0.770. The Hall–Kier alpha value is -2.64. The molecule has 3 amide bonds. The van der Waals surface area contributed by atoms with Gasteiger partial charge in [0.2, 0.25) is 11.8 Å². The van der Waals surface area contributed by atoms with E-state index in [0.717, 1.165) is 6.42 Å². The van der Waals surface area contributed by atoms with Gasteiger partial charge in [0.05, 0.1) is 6.04 Å². The first-order valence-corrected chi connectivity index (χ1v) is 10.4. The Morgan fingerprint density at radius 1 is 1.20 bits per heavy atom. The third-order valence-corrected chi connectivity index (χ3v) is 4.72. The van der Waals surface area contributed by atoms with E-state index in [1.807, 2.05) is 6.92 Å². The van der Waals surface area contributed by atoms with E-state index in [9.17, 15) is 18.8 Å². The van der Waals surface area contributed by atoms with E-state index in [1.165, 1.54) is 12.1 Å². The molecular weight excluding hydrogens is 389 g/mol. The maximum Gasteiger partial charge on any atom is 0.410 e. The minimum atomic E-state index is -0.635. The predicted octanol–water partition coefficient (Wildman–Crippen LogP) is 3.25. The first-order valence-electron chi connectivity index (χ1n) is 10.4. The van der Waals surface area contributed by atoms with Crippen molar-refractivity contribution in [1.82, 2.24) is 15.1 Å². The summed E-state index contributed by atoms with van der Waals surface area (Å²) >= 11 is 0. The number of carbonyl (C=O) groups is 3. The Kier molecular flexibility index (Phi) is 8.20.